The van der Waals surface area contributed by atoms with Crippen molar-refractivity contribution in [1.29, 1.82) is 0 Å². The summed E-state index contributed by atoms with van der Waals surface area (Å²) in [6, 6.07) is 6.69. The maximum Gasteiger partial charge on any atom is 0.0508 e. The fourth-order valence-electron chi connectivity index (χ4n) is 2.19. The zero-order valence-corrected chi connectivity index (χ0v) is 15.0. The van der Waals surface area contributed by atoms with Gasteiger partial charge in [-0.3, -0.25) is 0 Å². The third-order valence-corrected chi connectivity index (χ3v) is 4.04. The lowest BCUT2D eigenvalue weighted by molar-refractivity contribution is 0.552. The number of rotatable bonds is 9. The number of nitrogens with zero attached hydrogens (tertiary/aromatic N) is 1. The Morgan fingerprint density at radius 2 is 2.00 bits per heavy atom. The van der Waals surface area contributed by atoms with Gasteiger partial charge in [0.2, 0.25) is 0 Å². The maximum absolute atomic E-state index is 3.71. The highest BCUT2D eigenvalue weighted by molar-refractivity contribution is 9.10. The van der Waals surface area contributed by atoms with Crippen molar-refractivity contribution in [3.63, 3.8) is 0 Å². The molecule has 0 atom stereocenters. The highest BCUT2D eigenvalue weighted by Crippen LogP contribution is 2.27. The van der Waals surface area contributed by atoms with Crippen molar-refractivity contribution in [1.82, 2.24) is 5.32 Å². The van der Waals surface area contributed by atoms with Crippen molar-refractivity contribution < 1.29 is 0 Å². The van der Waals surface area contributed by atoms with Gasteiger partial charge in [0.15, 0.2) is 0 Å². The van der Waals surface area contributed by atoms with Gasteiger partial charge in [0.25, 0.3) is 0 Å². The zero-order chi connectivity index (χ0) is 15.0. The first-order valence-corrected chi connectivity index (χ1v) is 8.54. The summed E-state index contributed by atoms with van der Waals surface area (Å²) in [5, 5.41) is 3.48. The topological polar surface area (TPSA) is 15.3 Å². The van der Waals surface area contributed by atoms with E-state index in [1.54, 1.807) is 0 Å². The van der Waals surface area contributed by atoms with Crippen molar-refractivity contribution in [2.75, 3.05) is 25.0 Å². The van der Waals surface area contributed by atoms with Crippen LogP contribution in [0.25, 0.3) is 0 Å². The van der Waals surface area contributed by atoms with Crippen molar-refractivity contribution in [3.05, 3.63) is 28.2 Å². The van der Waals surface area contributed by atoms with Gasteiger partial charge in [-0.2, -0.15) is 0 Å². The maximum atomic E-state index is 3.71. The van der Waals surface area contributed by atoms with Gasteiger partial charge in [-0.1, -0.05) is 39.7 Å². The Kier molecular flexibility index (Phi) is 8.24. The van der Waals surface area contributed by atoms with Gasteiger partial charge in [0, 0.05) is 24.6 Å². The van der Waals surface area contributed by atoms with E-state index in [9.17, 15) is 0 Å². The molecule has 0 aliphatic rings. The van der Waals surface area contributed by atoms with Gasteiger partial charge >= 0.3 is 0 Å². The predicted molar refractivity (Wildman–Crippen MR) is 93.5 cm³/mol. The minimum Gasteiger partial charge on any atom is -0.374 e. The Morgan fingerprint density at radius 3 is 2.60 bits per heavy atom. The lowest BCUT2D eigenvalue weighted by atomic mass is 10.1. The number of unbranched alkanes of at least 4 members (excludes halogenated alkanes) is 2. The van der Waals surface area contributed by atoms with Gasteiger partial charge < -0.3 is 10.2 Å². The third kappa shape index (κ3) is 6.27. The Labute approximate surface area is 133 Å². The molecule has 0 bridgehead atoms. The van der Waals surface area contributed by atoms with E-state index in [-0.39, 0.29) is 0 Å². The fraction of sp³-hybridized carbons (Fsp3) is 0.647. The molecule has 1 aromatic carbocycles. The molecule has 0 spiro atoms. The Bertz CT molecular complexity index is 391. The molecule has 0 saturated heterocycles. The van der Waals surface area contributed by atoms with Crippen LogP contribution in [0, 0.1) is 5.92 Å². The van der Waals surface area contributed by atoms with Crippen LogP contribution in [0.4, 0.5) is 5.69 Å². The van der Waals surface area contributed by atoms with E-state index in [1.807, 2.05) is 0 Å². The van der Waals surface area contributed by atoms with Crippen molar-refractivity contribution in [2.45, 2.75) is 46.6 Å². The fourth-order valence-corrected chi connectivity index (χ4v) is 2.92. The Balaban J connectivity index is 2.54. The first-order valence-electron chi connectivity index (χ1n) is 7.74. The highest BCUT2D eigenvalue weighted by atomic mass is 79.9. The van der Waals surface area contributed by atoms with Crippen molar-refractivity contribution in [2.24, 2.45) is 5.92 Å². The summed E-state index contributed by atoms with van der Waals surface area (Å²) in [6.07, 6.45) is 3.84. The highest BCUT2D eigenvalue weighted by Gasteiger charge is 2.06. The summed E-state index contributed by atoms with van der Waals surface area (Å²) < 4.78 is 1.19. The largest absolute Gasteiger partial charge is 0.374 e. The number of benzene rings is 1. The lowest BCUT2D eigenvalue weighted by Crippen LogP contribution is -2.20. The first kappa shape index (κ1) is 17.5. The van der Waals surface area contributed by atoms with Crippen LogP contribution in [0.1, 0.15) is 45.6 Å². The van der Waals surface area contributed by atoms with E-state index in [0.717, 1.165) is 19.6 Å². The normalized spacial score (nSPS) is 11.1. The second-order valence-electron chi connectivity index (χ2n) is 5.94. The minimum atomic E-state index is 0.697. The smallest absolute Gasteiger partial charge is 0.0508 e. The van der Waals surface area contributed by atoms with Crippen LogP contribution >= 0.6 is 15.9 Å². The molecule has 20 heavy (non-hydrogen) atoms. The van der Waals surface area contributed by atoms with Crippen LogP contribution in [-0.2, 0) is 6.54 Å². The Morgan fingerprint density at radius 1 is 1.25 bits per heavy atom. The van der Waals surface area contributed by atoms with Crippen molar-refractivity contribution >= 4 is 21.6 Å². The van der Waals surface area contributed by atoms with Crippen LogP contribution < -0.4 is 10.2 Å². The van der Waals surface area contributed by atoms with Gasteiger partial charge in [0.1, 0.15) is 0 Å². The third-order valence-electron chi connectivity index (χ3n) is 3.40. The molecule has 1 aromatic rings. The molecular weight excluding hydrogens is 312 g/mol. The minimum absolute atomic E-state index is 0.697. The average Bonchev–Trinajstić information content (AvgIpc) is 2.38. The molecule has 0 heterocycles. The van der Waals surface area contributed by atoms with E-state index < -0.39 is 0 Å². The zero-order valence-electron chi connectivity index (χ0n) is 13.4. The molecule has 0 fully saturated rings. The number of anilines is 1. The summed E-state index contributed by atoms with van der Waals surface area (Å²) in [4.78, 5) is 2.34. The molecule has 1 N–H and O–H groups in total. The molecule has 1 rings (SSSR count). The molecule has 114 valence electrons. The Hall–Kier alpha value is -0.540. The van der Waals surface area contributed by atoms with Gasteiger partial charge in [-0.25, -0.2) is 0 Å². The van der Waals surface area contributed by atoms with Crippen LogP contribution in [0.3, 0.4) is 0 Å². The molecule has 0 aliphatic heterocycles. The molecule has 2 nitrogen and oxygen atoms in total. The molecule has 0 aliphatic carbocycles. The average molecular weight is 341 g/mol. The number of halogens is 1. The molecule has 0 radical (unpaired) electrons. The van der Waals surface area contributed by atoms with E-state index in [4.69, 9.17) is 0 Å². The second kappa shape index (κ2) is 9.41. The lowest BCUT2D eigenvalue weighted by Gasteiger charge is -2.21. The van der Waals surface area contributed by atoms with Crippen LogP contribution in [0.15, 0.2) is 22.7 Å². The number of hydrogen-bond acceptors (Lipinski definition) is 2. The van der Waals surface area contributed by atoms with E-state index in [0.29, 0.717) is 5.92 Å². The van der Waals surface area contributed by atoms with Gasteiger partial charge in [-0.15, -0.1) is 0 Å². The van der Waals surface area contributed by atoms with Crippen LogP contribution in [0.2, 0.25) is 0 Å². The predicted octanol–water partition coefficient (Wildman–Crippen LogP) is 4.82. The van der Waals surface area contributed by atoms with E-state index in [1.165, 1.54) is 35.0 Å². The molecule has 0 aromatic heterocycles. The first-order chi connectivity index (χ1) is 9.54. The summed E-state index contributed by atoms with van der Waals surface area (Å²) in [5.74, 6) is 0.697. The summed E-state index contributed by atoms with van der Waals surface area (Å²) in [6.45, 7) is 9.84. The molecule has 0 unspecified atom stereocenters. The molecule has 0 amide bonds. The SMILES string of the molecule is CCCCCN(C)c1ccc(CNCC(C)C)cc1Br. The molecular formula is C17H29BrN2. The van der Waals surface area contributed by atoms with E-state index >= 15 is 0 Å². The summed E-state index contributed by atoms with van der Waals surface area (Å²) in [7, 11) is 2.17. The van der Waals surface area contributed by atoms with E-state index in [2.05, 4.69) is 72.2 Å². The van der Waals surface area contributed by atoms with Crippen LogP contribution in [0.5, 0.6) is 0 Å². The van der Waals surface area contributed by atoms with Gasteiger partial charge in [-0.05, 0) is 52.5 Å². The number of nitrogens with one attached hydrogen (secondary N) is 1. The molecule has 3 heteroatoms. The standard InChI is InChI=1S/C17H29BrN2/c1-5-6-7-10-20(4)17-9-8-15(11-16(17)18)13-19-12-14(2)3/h8-9,11,14,19H,5-7,10,12-13H2,1-4H3. The summed E-state index contributed by atoms with van der Waals surface area (Å²) in [5.41, 5.74) is 2.62. The summed E-state index contributed by atoms with van der Waals surface area (Å²) >= 11 is 3.71. The quantitative estimate of drug-likeness (QED) is 0.648. The number of hydrogen-bond donors (Lipinski definition) is 1. The van der Waals surface area contributed by atoms with Crippen molar-refractivity contribution in [3.8, 4) is 0 Å². The van der Waals surface area contributed by atoms with Crippen LogP contribution in [-0.4, -0.2) is 20.1 Å². The second-order valence-corrected chi connectivity index (χ2v) is 6.79. The molecule has 0 saturated carbocycles. The monoisotopic (exact) mass is 340 g/mol. The van der Waals surface area contributed by atoms with Gasteiger partial charge in [0.05, 0.1) is 5.69 Å².